The van der Waals surface area contributed by atoms with Gasteiger partial charge in [0.1, 0.15) is 0 Å². The minimum Gasteiger partial charge on any atom is -0.355 e. The molecule has 1 N–H and O–H groups in total. The van der Waals surface area contributed by atoms with E-state index in [9.17, 15) is 4.79 Å². The van der Waals surface area contributed by atoms with Crippen LogP contribution >= 0.6 is 0 Å². The highest BCUT2D eigenvalue weighted by atomic mass is 16.2. The molecule has 1 saturated carbocycles. The maximum atomic E-state index is 12.7. The lowest BCUT2D eigenvalue weighted by molar-refractivity contribution is -0.135. The minimum atomic E-state index is -0.00614. The third-order valence-corrected chi connectivity index (χ3v) is 6.48. The Morgan fingerprint density at radius 3 is 2.21 bits per heavy atom. The first-order valence-corrected chi connectivity index (χ1v) is 11.3. The highest BCUT2D eigenvalue weighted by Crippen LogP contribution is 2.27. The number of hydrogen-bond acceptors (Lipinski definition) is 4. The molecule has 0 aromatic carbocycles. The summed E-state index contributed by atoms with van der Waals surface area (Å²) in [6, 6.07) is 1.39. The first-order chi connectivity index (χ1) is 13.5. The molecule has 0 bridgehead atoms. The van der Waals surface area contributed by atoms with Crippen molar-refractivity contribution in [3.8, 4) is 0 Å². The quantitative estimate of drug-likeness (QED) is 0.519. The fraction of sp³-hybridized carbons (Fsp3) is 0.905. The van der Waals surface area contributed by atoms with Crippen molar-refractivity contribution >= 4 is 11.9 Å². The van der Waals surface area contributed by atoms with Gasteiger partial charge in [0.2, 0.25) is 5.91 Å². The van der Waals surface area contributed by atoms with Gasteiger partial charge in [0.25, 0.3) is 0 Å². The Hall–Kier alpha value is -1.34. The maximum Gasteiger partial charge on any atom is 0.239 e. The van der Waals surface area contributed by atoms with E-state index >= 15 is 0 Å². The fourth-order valence-corrected chi connectivity index (χ4v) is 4.58. The monoisotopic (exact) mass is 392 g/mol. The Morgan fingerprint density at radius 1 is 1.04 bits per heavy atom. The van der Waals surface area contributed by atoms with E-state index in [0.29, 0.717) is 11.9 Å². The van der Waals surface area contributed by atoms with Gasteiger partial charge in [-0.1, -0.05) is 0 Å². The highest BCUT2D eigenvalue weighted by Gasteiger charge is 2.31. The van der Waals surface area contributed by atoms with Crippen molar-refractivity contribution < 1.29 is 4.79 Å². The molecule has 7 heteroatoms. The average Bonchev–Trinajstić information content (AvgIpc) is 3.39. The van der Waals surface area contributed by atoms with E-state index in [2.05, 4.69) is 45.8 Å². The summed E-state index contributed by atoms with van der Waals surface area (Å²) in [4.78, 5) is 26.5. The van der Waals surface area contributed by atoms with Gasteiger partial charge in [-0.2, -0.15) is 0 Å². The van der Waals surface area contributed by atoms with Gasteiger partial charge in [-0.15, -0.1) is 0 Å². The van der Waals surface area contributed by atoms with E-state index in [1.54, 1.807) is 0 Å². The Labute approximate surface area is 171 Å². The number of nitrogens with zero attached hydrogens (tertiary/aromatic N) is 5. The van der Waals surface area contributed by atoms with Crippen molar-refractivity contribution in [3.63, 3.8) is 0 Å². The van der Waals surface area contributed by atoms with Gasteiger partial charge in [0, 0.05) is 71.5 Å². The van der Waals surface area contributed by atoms with Crippen molar-refractivity contribution in [1.82, 2.24) is 24.9 Å². The maximum absolute atomic E-state index is 12.7. The number of likely N-dealkylation sites (tertiary alicyclic amines) is 1. The summed E-state index contributed by atoms with van der Waals surface area (Å²) in [7, 11) is 1.87. The summed E-state index contributed by atoms with van der Waals surface area (Å²) in [5.74, 6) is 1.31. The van der Waals surface area contributed by atoms with Crippen LogP contribution in [0.3, 0.4) is 0 Å². The molecule has 3 aliphatic rings. The molecule has 0 spiro atoms. The molecule has 2 aliphatic heterocycles. The second-order valence-corrected chi connectivity index (χ2v) is 8.77. The lowest BCUT2D eigenvalue weighted by Crippen LogP contribution is -2.57. The third-order valence-electron chi connectivity index (χ3n) is 6.48. The number of piperazine rings is 1. The van der Waals surface area contributed by atoms with Gasteiger partial charge in [0.05, 0.1) is 6.04 Å². The topological polar surface area (TPSA) is 54.4 Å². The van der Waals surface area contributed by atoms with Crippen LogP contribution in [-0.4, -0.2) is 109 Å². The zero-order valence-electron chi connectivity index (χ0n) is 18.4. The van der Waals surface area contributed by atoms with E-state index < -0.39 is 0 Å². The predicted molar refractivity (Wildman–Crippen MR) is 115 cm³/mol. The molecule has 1 atom stereocenters. The number of carbonyl (C=O) groups excluding carboxylic acids is 1. The van der Waals surface area contributed by atoms with Gasteiger partial charge in [0.15, 0.2) is 5.96 Å². The van der Waals surface area contributed by atoms with Gasteiger partial charge < -0.3 is 15.1 Å². The standard InChI is InChI=1S/C21H40N6O/c1-17(2)27(19-7-8-19)12-9-23-21(22-4)26-15-13-24(14-16-26)18(3)20(28)25-10-5-6-11-25/h17-19H,5-16H2,1-4H3,(H,22,23). The summed E-state index contributed by atoms with van der Waals surface area (Å²) in [6.07, 6.45) is 5.01. The van der Waals surface area contributed by atoms with E-state index in [4.69, 9.17) is 0 Å². The van der Waals surface area contributed by atoms with Crippen LogP contribution in [0.1, 0.15) is 46.5 Å². The summed E-state index contributed by atoms with van der Waals surface area (Å²) >= 11 is 0. The van der Waals surface area contributed by atoms with Crippen LogP contribution in [0, 0.1) is 0 Å². The normalized spacial score (nSPS) is 23.0. The second-order valence-electron chi connectivity index (χ2n) is 8.77. The molecule has 1 unspecified atom stereocenters. The van der Waals surface area contributed by atoms with Crippen molar-refractivity contribution in [1.29, 1.82) is 0 Å². The van der Waals surface area contributed by atoms with Crippen LogP contribution in [0.4, 0.5) is 0 Å². The number of carbonyl (C=O) groups is 1. The van der Waals surface area contributed by atoms with Crippen LogP contribution in [-0.2, 0) is 4.79 Å². The van der Waals surface area contributed by atoms with E-state index in [1.165, 1.54) is 12.8 Å². The van der Waals surface area contributed by atoms with Gasteiger partial charge in [-0.05, 0) is 46.5 Å². The summed E-state index contributed by atoms with van der Waals surface area (Å²) < 4.78 is 0. The fourth-order valence-electron chi connectivity index (χ4n) is 4.58. The molecule has 0 radical (unpaired) electrons. The smallest absolute Gasteiger partial charge is 0.239 e. The number of guanidine groups is 1. The summed E-state index contributed by atoms with van der Waals surface area (Å²) in [6.45, 7) is 14.2. The van der Waals surface area contributed by atoms with Crippen molar-refractivity contribution in [3.05, 3.63) is 0 Å². The molecule has 2 heterocycles. The van der Waals surface area contributed by atoms with Crippen LogP contribution in [0.5, 0.6) is 0 Å². The first-order valence-electron chi connectivity index (χ1n) is 11.3. The molecule has 1 aliphatic carbocycles. The van der Waals surface area contributed by atoms with Crippen molar-refractivity contribution in [2.75, 3.05) is 59.4 Å². The van der Waals surface area contributed by atoms with Crippen molar-refractivity contribution in [2.45, 2.75) is 64.6 Å². The molecule has 0 aromatic heterocycles. The number of aliphatic imine (C=N–C) groups is 1. The summed E-state index contributed by atoms with van der Waals surface area (Å²) in [5.41, 5.74) is 0. The minimum absolute atomic E-state index is 0.00614. The number of rotatable bonds is 7. The Bertz CT molecular complexity index is 531. The molecule has 0 aromatic rings. The Kier molecular flexibility index (Phi) is 7.57. The second kappa shape index (κ2) is 9.92. The summed E-state index contributed by atoms with van der Waals surface area (Å²) in [5, 5.41) is 3.56. The predicted octanol–water partition coefficient (Wildman–Crippen LogP) is 1.06. The van der Waals surface area contributed by atoms with Crippen LogP contribution in [0.25, 0.3) is 0 Å². The number of nitrogens with one attached hydrogen (secondary N) is 1. The Balaban J connectivity index is 1.41. The molecule has 160 valence electrons. The largest absolute Gasteiger partial charge is 0.355 e. The van der Waals surface area contributed by atoms with Crippen LogP contribution < -0.4 is 5.32 Å². The van der Waals surface area contributed by atoms with Crippen LogP contribution in [0.2, 0.25) is 0 Å². The lowest BCUT2D eigenvalue weighted by Gasteiger charge is -2.39. The van der Waals surface area contributed by atoms with Gasteiger partial charge >= 0.3 is 0 Å². The van der Waals surface area contributed by atoms with E-state index in [-0.39, 0.29) is 6.04 Å². The van der Waals surface area contributed by atoms with Gasteiger partial charge in [-0.25, -0.2) is 0 Å². The van der Waals surface area contributed by atoms with Gasteiger partial charge in [-0.3, -0.25) is 19.6 Å². The zero-order valence-corrected chi connectivity index (χ0v) is 18.4. The van der Waals surface area contributed by atoms with E-state index in [1.807, 2.05) is 11.9 Å². The SMILES string of the molecule is CN=C(NCCN(C(C)C)C1CC1)N1CCN(C(C)C(=O)N2CCCC2)CC1. The third kappa shape index (κ3) is 5.38. The molecule has 28 heavy (non-hydrogen) atoms. The Morgan fingerprint density at radius 2 is 1.68 bits per heavy atom. The molecule has 1 amide bonds. The molecule has 2 saturated heterocycles. The van der Waals surface area contributed by atoms with E-state index in [0.717, 1.165) is 77.2 Å². The molecule has 7 nitrogen and oxygen atoms in total. The zero-order chi connectivity index (χ0) is 20.1. The highest BCUT2D eigenvalue weighted by molar-refractivity contribution is 5.82. The van der Waals surface area contributed by atoms with Crippen LogP contribution in [0.15, 0.2) is 4.99 Å². The number of hydrogen-bond donors (Lipinski definition) is 1. The average molecular weight is 393 g/mol. The molecule has 3 fully saturated rings. The molecule has 3 rings (SSSR count). The lowest BCUT2D eigenvalue weighted by atomic mass is 10.2. The molecular weight excluding hydrogens is 352 g/mol. The molecular formula is C21H40N6O. The number of amides is 1. The first kappa shape index (κ1) is 21.4. The van der Waals surface area contributed by atoms with Crippen molar-refractivity contribution in [2.24, 2.45) is 4.99 Å².